The summed E-state index contributed by atoms with van der Waals surface area (Å²) in [5.74, 6) is 0. The number of hydrogen-bond acceptors (Lipinski definition) is 3. The molecule has 1 unspecified atom stereocenters. The van der Waals surface area contributed by atoms with E-state index >= 15 is 0 Å². The molecule has 2 nitrogen and oxygen atoms in total. The van der Waals surface area contributed by atoms with Gasteiger partial charge in [0, 0.05) is 17.1 Å². The van der Waals surface area contributed by atoms with Crippen LogP contribution in [0, 0.1) is 13.8 Å². The molecule has 0 saturated carbocycles. The molecule has 1 aromatic heterocycles. The van der Waals surface area contributed by atoms with E-state index in [0.29, 0.717) is 6.54 Å². The van der Waals surface area contributed by atoms with Crippen LogP contribution in [-0.4, -0.2) is 6.54 Å². The lowest BCUT2D eigenvalue weighted by atomic mass is 10.1. The Morgan fingerprint density at radius 2 is 2.06 bits per heavy atom. The summed E-state index contributed by atoms with van der Waals surface area (Å²) in [4.78, 5) is 1.29. The summed E-state index contributed by atoms with van der Waals surface area (Å²) in [6.45, 7) is 4.87. The van der Waals surface area contributed by atoms with Gasteiger partial charge in [-0.15, -0.1) is 11.3 Å². The van der Waals surface area contributed by atoms with E-state index in [9.17, 15) is 0 Å². The minimum atomic E-state index is 0.204. The van der Waals surface area contributed by atoms with Gasteiger partial charge in [-0.25, -0.2) is 0 Å². The number of anilines is 1. The number of thiophene rings is 1. The van der Waals surface area contributed by atoms with Gasteiger partial charge in [0.1, 0.15) is 0 Å². The van der Waals surface area contributed by atoms with Crippen molar-refractivity contribution in [2.75, 3.05) is 11.9 Å². The van der Waals surface area contributed by atoms with Gasteiger partial charge in [-0.2, -0.15) is 0 Å². The highest BCUT2D eigenvalue weighted by Crippen LogP contribution is 2.25. The summed E-state index contributed by atoms with van der Waals surface area (Å²) in [5, 5.41) is 5.61. The predicted octanol–water partition coefficient (Wildman–Crippen LogP) is 3.48. The highest BCUT2D eigenvalue weighted by Gasteiger charge is 2.11. The average Bonchev–Trinajstić information content (AvgIpc) is 2.85. The largest absolute Gasteiger partial charge is 0.376 e. The second-order valence-corrected chi connectivity index (χ2v) is 5.17. The third kappa shape index (κ3) is 2.68. The van der Waals surface area contributed by atoms with Crippen molar-refractivity contribution >= 4 is 17.0 Å². The third-order valence-electron chi connectivity index (χ3n) is 3.06. The van der Waals surface area contributed by atoms with E-state index in [1.54, 1.807) is 11.3 Å². The van der Waals surface area contributed by atoms with Crippen LogP contribution in [0.4, 0.5) is 5.69 Å². The molecule has 0 aliphatic carbocycles. The van der Waals surface area contributed by atoms with Crippen molar-refractivity contribution in [1.82, 2.24) is 0 Å². The standard InChI is InChI=1S/C14H18N2S/c1-10-5-3-6-12(11(10)2)16-13(9-15)14-7-4-8-17-14/h3-8,13,16H,9,15H2,1-2H3. The van der Waals surface area contributed by atoms with Gasteiger partial charge < -0.3 is 11.1 Å². The van der Waals surface area contributed by atoms with Crippen molar-refractivity contribution in [1.29, 1.82) is 0 Å². The summed E-state index contributed by atoms with van der Waals surface area (Å²) in [7, 11) is 0. The summed E-state index contributed by atoms with van der Waals surface area (Å²) < 4.78 is 0. The van der Waals surface area contributed by atoms with Gasteiger partial charge in [0.15, 0.2) is 0 Å². The van der Waals surface area contributed by atoms with Crippen molar-refractivity contribution in [2.45, 2.75) is 19.9 Å². The van der Waals surface area contributed by atoms with Crippen molar-refractivity contribution < 1.29 is 0 Å². The molecule has 0 spiro atoms. The van der Waals surface area contributed by atoms with Crippen LogP contribution >= 0.6 is 11.3 Å². The van der Waals surface area contributed by atoms with Crippen molar-refractivity contribution in [3.8, 4) is 0 Å². The Morgan fingerprint density at radius 1 is 1.24 bits per heavy atom. The first-order valence-electron chi connectivity index (χ1n) is 5.78. The Bertz CT molecular complexity index is 477. The molecule has 3 N–H and O–H groups in total. The Balaban J connectivity index is 2.22. The number of aryl methyl sites for hydroxylation is 1. The molecule has 0 bridgehead atoms. The van der Waals surface area contributed by atoms with Crippen LogP contribution in [0.2, 0.25) is 0 Å². The quantitative estimate of drug-likeness (QED) is 0.866. The molecule has 0 aliphatic heterocycles. The van der Waals surface area contributed by atoms with Crippen LogP contribution < -0.4 is 11.1 Å². The van der Waals surface area contributed by atoms with Gasteiger partial charge in [-0.3, -0.25) is 0 Å². The zero-order valence-electron chi connectivity index (χ0n) is 10.2. The Hall–Kier alpha value is -1.32. The molecule has 1 aromatic carbocycles. The molecule has 2 aromatic rings. The van der Waals surface area contributed by atoms with E-state index in [4.69, 9.17) is 5.73 Å². The number of rotatable bonds is 4. The molecule has 90 valence electrons. The van der Waals surface area contributed by atoms with E-state index < -0.39 is 0 Å². The second kappa shape index (κ2) is 5.34. The molecule has 0 radical (unpaired) electrons. The molecular formula is C14H18N2S. The first-order valence-corrected chi connectivity index (χ1v) is 6.66. The zero-order valence-corrected chi connectivity index (χ0v) is 11.1. The maximum absolute atomic E-state index is 5.84. The van der Waals surface area contributed by atoms with Crippen LogP contribution in [0.5, 0.6) is 0 Å². The van der Waals surface area contributed by atoms with Crippen LogP contribution in [-0.2, 0) is 0 Å². The number of benzene rings is 1. The number of hydrogen-bond donors (Lipinski definition) is 2. The van der Waals surface area contributed by atoms with Gasteiger partial charge in [0.25, 0.3) is 0 Å². The first kappa shape index (κ1) is 12.1. The van der Waals surface area contributed by atoms with E-state index in [-0.39, 0.29) is 6.04 Å². The fourth-order valence-corrected chi connectivity index (χ4v) is 2.62. The second-order valence-electron chi connectivity index (χ2n) is 4.20. The normalized spacial score (nSPS) is 12.4. The molecule has 2 rings (SSSR count). The smallest absolute Gasteiger partial charge is 0.0728 e. The molecular weight excluding hydrogens is 228 g/mol. The summed E-state index contributed by atoms with van der Waals surface area (Å²) in [5.41, 5.74) is 9.62. The molecule has 17 heavy (non-hydrogen) atoms. The van der Waals surface area contributed by atoms with Gasteiger partial charge >= 0.3 is 0 Å². The lowest BCUT2D eigenvalue weighted by molar-refractivity contribution is 0.804. The van der Waals surface area contributed by atoms with Crippen molar-refractivity contribution in [3.63, 3.8) is 0 Å². The SMILES string of the molecule is Cc1cccc(NC(CN)c2cccs2)c1C. The molecule has 0 amide bonds. The number of nitrogens with one attached hydrogen (secondary N) is 1. The van der Waals surface area contributed by atoms with Gasteiger partial charge in [-0.05, 0) is 42.5 Å². The maximum atomic E-state index is 5.84. The summed E-state index contributed by atoms with van der Waals surface area (Å²) in [6.07, 6.45) is 0. The van der Waals surface area contributed by atoms with E-state index in [1.165, 1.54) is 21.7 Å². The predicted molar refractivity (Wildman–Crippen MR) is 75.7 cm³/mol. The van der Waals surface area contributed by atoms with E-state index in [1.807, 2.05) is 0 Å². The Labute approximate surface area is 106 Å². The minimum Gasteiger partial charge on any atom is -0.376 e. The summed E-state index contributed by atoms with van der Waals surface area (Å²) in [6, 6.07) is 10.7. The Kier molecular flexibility index (Phi) is 3.82. The highest BCUT2D eigenvalue weighted by atomic mass is 32.1. The first-order chi connectivity index (χ1) is 8.22. The lowest BCUT2D eigenvalue weighted by Crippen LogP contribution is -2.20. The topological polar surface area (TPSA) is 38.0 Å². The molecule has 3 heteroatoms. The highest BCUT2D eigenvalue weighted by molar-refractivity contribution is 7.10. The maximum Gasteiger partial charge on any atom is 0.0728 e. The minimum absolute atomic E-state index is 0.204. The lowest BCUT2D eigenvalue weighted by Gasteiger charge is -2.19. The number of nitrogens with two attached hydrogens (primary N) is 1. The molecule has 0 saturated heterocycles. The molecule has 1 atom stereocenters. The van der Waals surface area contributed by atoms with Gasteiger partial charge in [0.05, 0.1) is 6.04 Å². The van der Waals surface area contributed by atoms with Crippen LogP contribution in [0.15, 0.2) is 35.7 Å². The van der Waals surface area contributed by atoms with E-state index in [2.05, 4.69) is 54.9 Å². The molecule has 0 aliphatic rings. The van der Waals surface area contributed by atoms with Crippen molar-refractivity contribution in [2.24, 2.45) is 5.73 Å². The fraction of sp³-hybridized carbons (Fsp3) is 0.286. The van der Waals surface area contributed by atoms with Crippen LogP contribution in [0.25, 0.3) is 0 Å². The van der Waals surface area contributed by atoms with Gasteiger partial charge in [-0.1, -0.05) is 18.2 Å². The monoisotopic (exact) mass is 246 g/mol. The molecule has 0 fully saturated rings. The van der Waals surface area contributed by atoms with Crippen LogP contribution in [0.1, 0.15) is 22.0 Å². The van der Waals surface area contributed by atoms with E-state index in [0.717, 1.165) is 0 Å². The fourth-order valence-electron chi connectivity index (χ4n) is 1.83. The summed E-state index contributed by atoms with van der Waals surface area (Å²) >= 11 is 1.74. The zero-order chi connectivity index (χ0) is 12.3. The third-order valence-corrected chi connectivity index (χ3v) is 4.04. The van der Waals surface area contributed by atoms with Crippen molar-refractivity contribution in [3.05, 3.63) is 51.7 Å². The molecule has 1 heterocycles. The van der Waals surface area contributed by atoms with Crippen LogP contribution in [0.3, 0.4) is 0 Å². The Morgan fingerprint density at radius 3 is 2.71 bits per heavy atom. The average molecular weight is 246 g/mol. The van der Waals surface area contributed by atoms with Gasteiger partial charge in [0.2, 0.25) is 0 Å².